The molecule has 0 radical (unpaired) electrons. The molecule has 0 unspecified atom stereocenters. The van der Waals surface area contributed by atoms with Gasteiger partial charge in [-0.3, -0.25) is 0 Å². The maximum Gasteiger partial charge on any atom is 0.150 e. The van der Waals surface area contributed by atoms with Gasteiger partial charge >= 0.3 is 0 Å². The Bertz CT molecular complexity index is 197. The van der Waals surface area contributed by atoms with Crippen LogP contribution in [0.1, 0.15) is 26.7 Å². The lowest BCUT2D eigenvalue weighted by atomic mass is 10.2. The molecule has 0 aromatic rings. The number of halogens is 1. The number of hydrogen-bond acceptors (Lipinski definition) is 2. The van der Waals surface area contributed by atoms with Crippen LogP contribution in [0.25, 0.3) is 0 Å². The van der Waals surface area contributed by atoms with Gasteiger partial charge in [0, 0.05) is 5.33 Å². The molecule has 0 rings (SSSR count). The maximum atomic E-state index is 11.3. The van der Waals surface area contributed by atoms with Gasteiger partial charge < -0.3 is 0 Å². The first-order valence-corrected chi connectivity index (χ1v) is 7.18. The third-order valence-electron chi connectivity index (χ3n) is 1.60. The van der Waals surface area contributed by atoms with Crippen molar-refractivity contribution in [2.24, 2.45) is 5.92 Å². The fourth-order valence-electron chi connectivity index (χ4n) is 0.792. The third kappa shape index (κ3) is 7.10. The molecule has 0 bridgehead atoms. The number of alkyl halides is 1. The van der Waals surface area contributed by atoms with Crippen LogP contribution in [0.15, 0.2) is 0 Å². The van der Waals surface area contributed by atoms with Gasteiger partial charge in [-0.2, -0.15) is 0 Å². The maximum absolute atomic E-state index is 11.3. The molecule has 0 aliphatic carbocycles. The zero-order chi connectivity index (χ0) is 9.61. The normalized spacial score (nSPS) is 12.3. The van der Waals surface area contributed by atoms with Crippen molar-refractivity contribution in [3.8, 4) is 0 Å². The van der Waals surface area contributed by atoms with Crippen LogP contribution in [0.3, 0.4) is 0 Å². The highest BCUT2D eigenvalue weighted by Gasteiger charge is 2.10. The minimum atomic E-state index is -2.77. The Morgan fingerprint density at radius 1 is 1.25 bits per heavy atom. The van der Waals surface area contributed by atoms with Crippen molar-refractivity contribution in [1.29, 1.82) is 0 Å². The minimum absolute atomic E-state index is 0.324. The second-order valence-electron chi connectivity index (χ2n) is 3.38. The molecule has 0 amide bonds. The van der Waals surface area contributed by atoms with E-state index in [1.807, 2.05) is 13.8 Å². The quantitative estimate of drug-likeness (QED) is 0.684. The molecule has 0 saturated heterocycles. The van der Waals surface area contributed by atoms with E-state index in [1.165, 1.54) is 0 Å². The molecule has 0 fully saturated rings. The molecular weight excluding hydrogens is 240 g/mol. The molecule has 0 heterocycles. The van der Waals surface area contributed by atoms with Crippen molar-refractivity contribution in [2.45, 2.75) is 26.7 Å². The third-order valence-corrected chi connectivity index (χ3v) is 3.92. The predicted molar refractivity (Wildman–Crippen MR) is 56.5 cm³/mol. The average Bonchev–Trinajstić information content (AvgIpc) is 1.98. The van der Waals surface area contributed by atoms with Crippen LogP contribution >= 0.6 is 15.9 Å². The van der Waals surface area contributed by atoms with Crippen LogP contribution in [-0.4, -0.2) is 25.3 Å². The Kier molecular flexibility index (Phi) is 6.19. The molecule has 0 aliphatic rings. The summed E-state index contributed by atoms with van der Waals surface area (Å²) in [6, 6.07) is 0. The number of rotatable bonds is 6. The van der Waals surface area contributed by atoms with Crippen molar-refractivity contribution >= 4 is 25.8 Å². The van der Waals surface area contributed by atoms with Crippen molar-refractivity contribution in [1.82, 2.24) is 0 Å². The van der Waals surface area contributed by atoms with Gasteiger partial charge in [0.25, 0.3) is 0 Å². The highest BCUT2D eigenvalue weighted by Crippen LogP contribution is 2.05. The minimum Gasteiger partial charge on any atom is -0.229 e. The summed E-state index contributed by atoms with van der Waals surface area (Å²) in [7, 11) is -2.77. The Labute approximate surface area is 83.8 Å². The van der Waals surface area contributed by atoms with Crippen molar-refractivity contribution in [3.05, 3.63) is 0 Å². The summed E-state index contributed by atoms with van der Waals surface area (Å²) in [5, 5.41) is 0.772. The fraction of sp³-hybridized carbons (Fsp3) is 1.00. The molecule has 0 atom stereocenters. The molecule has 0 saturated carbocycles. The Balaban J connectivity index is 3.73. The predicted octanol–water partition coefficient (Wildman–Crippen LogP) is 2.23. The van der Waals surface area contributed by atoms with Gasteiger partial charge in [0.2, 0.25) is 0 Å². The Morgan fingerprint density at radius 2 is 1.83 bits per heavy atom. The smallest absolute Gasteiger partial charge is 0.150 e. The van der Waals surface area contributed by atoms with E-state index in [-0.39, 0.29) is 0 Å². The summed E-state index contributed by atoms with van der Waals surface area (Å²) in [5.41, 5.74) is 0. The standard InChI is InChI=1S/C8H17BrO2S/c1-8(2)4-7-12(10,11)6-3-5-9/h8H,3-7H2,1-2H3. The first kappa shape index (κ1) is 12.4. The van der Waals surface area contributed by atoms with Gasteiger partial charge in [-0.1, -0.05) is 29.8 Å². The lowest BCUT2D eigenvalue weighted by Gasteiger charge is -2.04. The van der Waals surface area contributed by atoms with E-state index in [4.69, 9.17) is 0 Å². The van der Waals surface area contributed by atoms with E-state index in [0.717, 1.165) is 18.2 Å². The van der Waals surface area contributed by atoms with Crippen LogP contribution in [0.2, 0.25) is 0 Å². The largest absolute Gasteiger partial charge is 0.229 e. The van der Waals surface area contributed by atoms with Gasteiger partial charge in [-0.15, -0.1) is 0 Å². The first-order chi connectivity index (χ1) is 5.48. The van der Waals surface area contributed by atoms with Crippen LogP contribution in [0.4, 0.5) is 0 Å². The highest BCUT2D eigenvalue weighted by atomic mass is 79.9. The summed E-state index contributed by atoms with van der Waals surface area (Å²) in [4.78, 5) is 0. The summed E-state index contributed by atoms with van der Waals surface area (Å²) in [5.74, 6) is 1.14. The van der Waals surface area contributed by atoms with Crippen LogP contribution < -0.4 is 0 Å². The Morgan fingerprint density at radius 3 is 2.25 bits per heavy atom. The van der Waals surface area contributed by atoms with E-state index < -0.39 is 9.84 Å². The number of sulfone groups is 1. The monoisotopic (exact) mass is 256 g/mol. The van der Waals surface area contributed by atoms with Gasteiger partial charge in [0.15, 0.2) is 0 Å². The van der Waals surface area contributed by atoms with Crippen molar-refractivity contribution in [2.75, 3.05) is 16.8 Å². The summed E-state index contributed by atoms with van der Waals surface area (Å²) < 4.78 is 22.5. The molecule has 0 spiro atoms. The first-order valence-electron chi connectivity index (χ1n) is 4.24. The zero-order valence-electron chi connectivity index (χ0n) is 7.72. The molecule has 0 N–H and O–H groups in total. The summed E-state index contributed by atoms with van der Waals surface area (Å²) in [6.07, 6.45) is 1.51. The second-order valence-corrected chi connectivity index (χ2v) is 6.47. The highest BCUT2D eigenvalue weighted by molar-refractivity contribution is 9.09. The van der Waals surface area contributed by atoms with Crippen molar-refractivity contribution in [3.63, 3.8) is 0 Å². The van der Waals surface area contributed by atoms with Crippen LogP contribution in [0.5, 0.6) is 0 Å². The summed E-state index contributed by atoms with van der Waals surface area (Å²) in [6.45, 7) is 4.08. The fourth-order valence-corrected chi connectivity index (χ4v) is 3.06. The SMILES string of the molecule is CC(C)CCS(=O)(=O)CCCBr. The molecule has 12 heavy (non-hydrogen) atoms. The zero-order valence-corrected chi connectivity index (χ0v) is 10.1. The molecule has 0 aromatic carbocycles. The molecule has 0 aromatic heterocycles. The van der Waals surface area contributed by atoms with Crippen LogP contribution in [0, 0.1) is 5.92 Å². The molecule has 4 heteroatoms. The lowest BCUT2D eigenvalue weighted by molar-refractivity contribution is 0.573. The second kappa shape index (κ2) is 5.97. The number of hydrogen-bond donors (Lipinski definition) is 0. The van der Waals surface area contributed by atoms with Gasteiger partial charge in [0.05, 0.1) is 11.5 Å². The van der Waals surface area contributed by atoms with E-state index >= 15 is 0 Å². The Hall–Kier alpha value is 0.430. The molecule has 2 nitrogen and oxygen atoms in total. The van der Waals surface area contributed by atoms with Crippen molar-refractivity contribution < 1.29 is 8.42 Å². The van der Waals surface area contributed by atoms with E-state index in [1.54, 1.807) is 0 Å². The summed E-state index contributed by atoms with van der Waals surface area (Å²) >= 11 is 3.22. The van der Waals surface area contributed by atoms with Crippen LogP contribution in [-0.2, 0) is 9.84 Å². The molecule has 74 valence electrons. The van der Waals surface area contributed by atoms with Gasteiger partial charge in [-0.05, 0) is 18.8 Å². The van der Waals surface area contributed by atoms with Gasteiger partial charge in [-0.25, -0.2) is 8.42 Å². The van der Waals surface area contributed by atoms with E-state index in [2.05, 4.69) is 15.9 Å². The lowest BCUT2D eigenvalue weighted by Crippen LogP contribution is -2.13. The van der Waals surface area contributed by atoms with Gasteiger partial charge in [0.1, 0.15) is 9.84 Å². The molecular formula is C8H17BrO2S. The van der Waals surface area contributed by atoms with E-state index in [0.29, 0.717) is 17.4 Å². The topological polar surface area (TPSA) is 34.1 Å². The van der Waals surface area contributed by atoms with E-state index in [9.17, 15) is 8.42 Å². The molecule has 0 aliphatic heterocycles. The average molecular weight is 257 g/mol.